The summed E-state index contributed by atoms with van der Waals surface area (Å²) in [6.45, 7) is 5.64. The van der Waals surface area contributed by atoms with E-state index in [1.54, 1.807) is 0 Å². The molecular weight excluding hydrogens is 294 g/mol. The molecule has 2 heterocycles. The van der Waals surface area contributed by atoms with E-state index in [0.29, 0.717) is 6.54 Å². The van der Waals surface area contributed by atoms with Crippen molar-refractivity contribution in [2.45, 2.75) is 26.8 Å². The minimum Gasteiger partial charge on any atom is -0.352 e. The van der Waals surface area contributed by atoms with Crippen molar-refractivity contribution in [3.05, 3.63) is 41.3 Å². The number of amides is 1. The number of para-hydroxylation sites is 2. The van der Waals surface area contributed by atoms with Crippen LogP contribution in [-0.4, -0.2) is 22.0 Å². The van der Waals surface area contributed by atoms with Crippen LogP contribution in [0.15, 0.2) is 36.4 Å². The van der Waals surface area contributed by atoms with Gasteiger partial charge in [0.25, 0.3) is 5.91 Å². The Labute approximate surface area is 133 Å². The van der Waals surface area contributed by atoms with E-state index < -0.39 is 0 Å². The second kappa shape index (κ2) is 6.32. The van der Waals surface area contributed by atoms with Gasteiger partial charge < -0.3 is 9.88 Å². The number of imidazole rings is 1. The quantitative estimate of drug-likeness (QED) is 0.776. The van der Waals surface area contributed by atoms with E-state index in [4.69, 9.17) is 4.98 Å². The Kier molecular flexibility index (Phi) is 4.24. The zero-order valence-corrected chi connectivity index (χ0v) is 13.6. The molecule has 3 aromatic rings. The molecule has 0 spiro atoms. The average Bonchev–Trinajstić information content (AvgIpc) is 3.13. The number of hydrogen-bond donors (Lipinski definition) is 1. The van der Waals surface area contributed by atoms with Crippen molar-refractivity contribution in [2.75, 3.05) is 6.54 Å². The number of nitrogens with one attached hydrogen (secondary N) is 1. The van der Waals surface area contributed by atoms with Crippen molar-refractivity contribution in [3.63, 3.8) is 0 Å². The van der Waals surface area contributed by atoms with Crippen LogP contribution in [0.5, 0.6) is 0 Å². The molecule has 0 fully saturated rings. The third-order valence-corrected chi connectivity index (χ3v) is 4.57. The average molecular weight is 313 g/mol. The van der Waals surface area contributed by atoms with Crippen LogP contribution in [0.25, 0.3) is 21.7 Å². The van der Waals surface area contributed by atoms with Crippen molar-refractivity contribution in [2.24, 2.45) is 0 Å². The summed E-state index contributed by atoms with van der Waals surface area (Å²) in [5.74, 6) is 0.931. The smallest absolute Gasteiger partial charge is 0.261 e. The van der Waals surface area contributed by atoms with Crippen LogP contribution in [-0.2, 0) is 6.54 Å². The standard InChI is InChI=1S/C17H19N3OS/c1-3-11-20-13-8-6-5-7-12(13)19-16(20)14-9-10-15(22-14)17(21)18-4-2/h5-10H,3-4,11H2,1-2H3,(H,18,21). The van der Waals surface area contributed by atoms with Gasteiger partial charge in [-0.1, -0.05) is 19.1 Å². The maximum Gasteiger partial charge on any atom is 0.261 e. The van der Waals surface area contributed by atoms with Crippen LogP contribution in [0.3, 0.4) is 0 Å². The topological polar surface area (TPSA) is 46.9 Å². The summed E-state index contributed by atoms with van der Waals surface area (Å²) in [5, 5.41) is 2.84. The molecule has 0 bridgehead atoms. The minimum absolute atomic E-state index is 0.0168. The van der Waals surface area contributed by atoms with Gasteiger partial charge in [0.1, 0.15) is 0 Å². The molecular formula is C17H19N3OS. The van der Waals surface area contributed by atoms with Crippen LogP contribution >= 0.6 is 11.3 Å². The minimum atomic E-state index is -0.0168. The van der Waals surface area contributed by atoms with E-state index >= 15 is 0 Å². The lowest BCUT2D eigenvalue weighted by atomic mass is 10.3. The van der Waals surface area contributed by atoms with Crippen molar-refractivity contribution < 1.29 is 4.79 Å². The molecule has 1 aromatic carbocycles. The van der Waals surface area contributed by atoms with Gasteiger partial charge in [-0.2, -0.15) is 0 Å². The lowest BCUT2D eigenvalue weighted by Gasteiger charge is -2.05. The fraction of sp³-hybridized carbons (Fsp3) is 0.294. The number of hydrogen-bond acceptors (Lipinski definition) is 3. The second-order valence-electron chi connectivity index (χ2n) is 5.10. The number of carbonyl (C=O) groups excluding carboxylic acids is 1. The normalized spacial score (nSPS) is 11.0. The molecule has 22 heavy (non-hydrogen) atoms. The number of aryl methyl sites for hydroxylation is 1. The van der Waals surface area contributed by atoms with E-state index in [0.717, 1.165) is 39.6 Å². The highest BCUT2D eigenvalue weighted by Gasteiger charge is 2.15. The van der Waals surface area contributed by atoms with Gasteiger partial charge in [-0.3, -0.25) is 4.79 Å². The Bertz CT molecular complexity index is 803. The van der Waals surface area contributed by atoms with E-state index in [-0.39, 0.29) is 5.91 Å². The molecule has 5 heteroatoms. The van der Waals surface area contributed by atoms with Gasteiger partial charge in [-0.05, 0) is 37.6 Å². The maximum atomic E-state index is 11.9. The Morgan fingerprint density at radius 1 is 1.23 bits per heavy atom. The summed E-state index contributed by atoms with van der Waals surface area (Å²) in [4.78, 5) is 18.5. The molecule has 3 rings (SSSR count). The van der Waals surface area contributed by atoms with Crippen LogP contribution in [0, 0.1) is 0 Å². The Hall–Kier alpha value is -2.14. The van der Waals surface area contributed by atoms with Gasteiger partial charge in [-0.15, -0.1) is 11.3 Å². The Balaban J connectivity index is 2.06. The first-order chi connectivity index (χ1) is 10.7. The third kappa shape index (κ3) is 2.64. The summed E-state index contributed by atoms with van der Waals surface area (Å²) in [6.07, 6.45) is 1.04. The van der Waals surface area contributed by atoms with Gasteiger partial charge in [0.15, 0.2) is 5.82 Å². The Morgan fingerprint density at radius 2 is 2.05 bits per heavy atom. The van der Waals surface area contributed by atoms with Crippen molar-refractivity contribution in [1.29, 1.82) is 0 Å². The molecule has 0 atom stereocenters. The van der Waals surface area contributed by atoms with E-state index in [2.05, 4.69) is 22.9 Å². The van der Waals surface area contributed by atoms with E-state index in [1.165, 1.54) is 11.3 Å². The number of carbonyl (C=O) groups is 1. The number of aromatic nitrogens is 2. The van der Waals surface area contributed by atoms with Gasteiger partial charge >= 0.3 is 0 Å². The van der Waals surface area contributed by atoms with Crippen LogP contribution in [0.2, 0.25) is 0 Å². The summed E-state index contributed by atoms with van der Waals surface area (Å²) in [5.41, 5.74) is 2.14. The van der Waals surface area contributed by atoms with Gasteiger partial charge in [0.2, 0.25) is 0 Å². The lowest BCUT2D eigenvalue weighted by molar-refractivity contribution is 0.0960. The van der Waals surface area contributed by atoms with E-state index in [1.807, 2.05) is 37.3 Å². The lowest BCUT2D eigenvalue weighted by Crippen LogP contribution is -2.21. The molecule has 114 valence electrons. The number of rotatable bonds is 5. The predicted molar refractivity (Wildman–Crippen MR) is 91.3 cm³/mol. The molecule has 0 aliphatic rings. The highest BCUT2D eigenvalue weighted by molar-refractivity contribution is 7.17. The fourth-order valence-corrected chi connectivity index (χ4v) is 3.46. The first kappa shape index (κ1) is 14.8. The van der Waals surface area contributed by atoms with Gasteiger partial charge in [-0.25, -0.2) is 4.98 Å². The first-order valence-electron chi connectivity index (χ1n) is 7.58. The summed E-state index contributed by atoms with van der Waals surface area (Å²) >= 11 is 1.49. The maximum absolute atomic E-state index is 11.9. The molecule has 2 aromatic heterocycles. The molecule has 1 amide bonds. The molecule has 0 saturated heterocycles. The molecule has 0 radical (unpaired) electrons. The predicted octanol–water partition coefficient (Wildman–Crippen LogP) is 3.92. The largest absolute Gasteiger partial charge is 0.352 e. The SMILES string of the molecule is CCCn1c(-c2ccc(C(=O)NCC)s2)nc2ccccc21. The number of benzene rings is 1. The monoisotopic (exact) mass is 313 g/mol. The number of fused-ring (bicyclic) bond motifs is 1. The highest BCUT2D eigenvalue weighted by Crippen LogP contribution is 2.30. The van der Waals surface area contributed by atoms with Gasteiger partial charge in [0.05, 0.1) is 20.8 Å². The molecule has 0 unspecified atom stereocenters. The zero-order valence-electron chi connectivity index (χ0n) is 12.8. The molecule has 1 N–H and O–H groups in total. The zero-order chi connectivity index (χ0) is 15.5. The van der Waals surface area contributed by atoms with Gasteiger partial charge in [0, 0.05) is 13.1 Å². The molecule has 4 nitrogen and oxygen atoms in total. The van der Waals surface area contributed by atoms with E-state index in [9.17, 15) is 4.79 Å². The second-order valence-corrected chi connectivity index (χ2v) is 6.18. The molecule has 0 aliphatic heterocycles. The third-order valence-electron chi connectivity index (χ3n) is 3.49. The number of nitrogens with zero attached hydrogens (tertiary/aromatic N) is 2. The summed E-state index contributed by atoms with van der Waals surface area (Å²) in [7, 11) is 0. The van der Waals surface area contributed by atoms with Crippen LogP contribution < -0.4 is 5.32 Å². The van der Waals surface area contributed by atoms with Crippen molar-refractivity contribution in [1.82, 2.24) is 14.9 Å². The van der Waals surface area contributed by atoms with Crippen LogP contribution in [0.4, 0.5) is 0 Å². The van der Waals surface area contributed by atoms with Crippen molar-refractivity contribution in [3.8, 4) is 10.7 Å². The fourth-order valence-electron chi connectivity index (χ4n) is 2.54. The first-order valence-corrected chi connectivity index (χ1v) is 8.40. The number of thiophene rings is 1. The highest BCUT2D eigenvalue weighted by atomic mass is 32.1. The summed E-state index contributed by atoms with van der Waals surface area (Å²) in [6, 6.07) is 12.0. The molecule has 0 saturated carbocycles. The molecule has 0 aliphatic carbocycles. The Morgan fingerprint density at radius 3 is 2.82 bits per heavy atom. The van der Waals surface area contributed by atoms with Crippen molar-refractivity contribution >= 4 is 28.3 Å². The van der Waals surface area contributed by atoms with Crippen LogP contribution in [0.1, 0.15) is 29.9 Å². The summed E-state index contributed by atoms with van der Waals surface area (Å²) < 4.78 is 2.24.